The number of benzene rings is 1. The molecular weight excluding hydrogens is 268 g/mol. The minimum Gasteiger partial charge on any atom is -0.476 e. The van der Waals surface area contributed by atoms with Gasteiger partial charge in [0, 0.05) is 10.4 Å². The van der Waals surface area contributed by atoms with E-state index in [2.05, 4.69) is 9.97 Å². The lowest BCUT2D eigenvalue weighted by atomic mass is 10.1. The molecule has 0 aliphatic heterocycles. The van der Waals surface area contributed by atoms with Gasteiger partial charge in [0.1, 0.15) is 0 Å². The van der Waals surface area contributed by atoms with Crippen LogP contribution in [0.25, 0.3) is 22.4 Å². The highest BCUT2D eigenvalue weighted by molar-refractivity contribution is 7.13. The summed E-state index contributed by atoms with van der Waals surface area (Å²) < 4.78 is 4.97. The predicted octanol–water partition coefficient (Wildman–Crippen LogP) is 2.25. The van der Waals surface area contributed by atoms with E-state index < -0.39 is 11.7 Å². The topological polar surface area (TPSA) is 96.2 Å². The molecule has 0 unspecified atom stereocenters. The van der Waals surface area contributed by atoms with Crippen molar-refractivity contribution in [1.29, 1.82) is 0 Å². The van der Waals surface area contributed by atoms with Crippen molar-refractivity contribution >= 4 is 28.4 Å². The molecule has 3 rings (SSSR count). The summed E-state index contributed by atoms with van der Waals surface area (Å²) in [6.45, 7) is 1.80. The molecule has 0 saturated carbocycles. The quantitative estimate of drug-likeness (QED) is 0.748. The Bertz CT molecular complexity index is 843. The minimum atomic E-state index is -1.05. The van der Waals surface area contributed by atoms with Gasteiger partial charge in [-0.3, -0.25) is 4.98 Å². The van der Waals surface area contributed by atoms with E-state index in [0.29, 0.717) is 16.8 Å². The number of nitrogens with one attached hydrogen (secondary N) is 1. The van der Waals surface area contributed by atoms with Gasteiger partial charge in [-0.2, -0.15) is 0 Å². The van der Waals surface area contributed by atoms with E-state index in [9.17, 15) is 9.59 Å². The largest absolute Gasteiger partial charge is 0.476 e. The molecule has 2 aromatic heterocycles. The van der Waals surface area contributed by atoms with Crippen molar-refractivity contribution in [2.75, 3.05) is 0 Å². The van der Waals surface area contributed by atoms with Gasteiger partial charge in [0.15, 0.2) is 5.58 Å². The van der Waals surface area contributed by atoms with E-state index in [1.54, 1.807) is 25.1 Å². The second-order valence-corrected chi connectivity index (χ2v) is 5.16. The molecule has 0 atom stereocenters. The highest BCUT2D eigenvalue weighted by Crippen LogP contribution is 2.29. The van der Waals surface area contributed by atoms with Crippen LogP contribution in [0.1, 0.15) is 14.7 Å². The number of aromatic nitrogens is 2. The van der Waals surface area contributed by atoms with Crippen molar-refractivity contribution in [3.63, 3.8) is 0 Å². The van der Waals surface area contributed by atoms with Crippen molar-refractivity contribution < 1.29 is 14.3 Å². The van der Waals surface area contributed by atoms with Crippen LogP contribution in [0, 0.1) is 6.92 Å². The van der Waals surface area contributed by atoms with Gasteiger partial charge in [0.25, 0.3) is 0 Å². The third-order valence-electron chi connectivity index (χ3n) is 2.67. The number of aromatic amines is 1. The maximum Gasteiger partial charge on any atom is 0.417 e. The maximum atomic E-state index is 11.1. The molecule has 19 heavy (non-hydrogen) atoms. The lowest BCUT2D eigenvalue weighted by Gasteiger charge is -1.97. The van der Waals surface area contributed by atoms with Gasteiger partial charge in [0.05, 0.1) is 11.2 Å². The Morgan fingerprint density at radius 3 is 2.95 bits per heavy atom. The van der Waals surface area contributed by atoms with Crippen LogP contribution in [0.15, 0.2) is 27.4 Å². The molecule has 96 valence electrons. The van der Waals surface area contributed by atoms with Crippen LogP contribution in [-0.2, 0) is 0 Å². The number of nitrogens with zero attached hydrogens (tertiary/aromatic N) is 1. The Morgan fingerprint density at radius 1 is 1.47 bits per heavy atom. The van der Waals surface area contributed by atoms with E-state index >= 15 is 0 Å². The summed E-state index contributed by atoms with van der Waals surface area (Å²) in [6, 6.07) is 5.14. The highest BCUT2D eigenvalue weighted by atomic mass is 32.1. The van der Waals surface area contributed by atoms with Gasteiger partial charge in [-0.05, 0) is 19.1 Å². The van der Waals surface area contributed by atoms with Crippen molar-refractivity contribution in [2.45, 2.75) is 6.92 Å². The number of H-pyrrole nitrogens is 1. The SMILES string of the molecule is Cc1sc(C(=O)O)nc1-c1ccc2[nH]c(=O)oc2c1. The standard InChI is InChI=1S/C12H8N2O4S/c1-5-9(14-10(19-5)11(15)16)6-2-3-7-8(4-6)18-12(17)13-7/h2-4H,1H3,(H,13,17)(H,15,16). The molecule has 6 nitrogen and oxygen atoms in total. The molecular formula is C12H8N2O4S. The summed E-state index contributed by atoms with van der Waals surface area (Å²) >= 11 is 1.12. The van der Waals surface area contributed by atoms with Crippen LogP contribution in [0.5, 0.6) is 0 Å². The van der Waals surface area contributed by atoms with Crippen LogP contribution >= 0.6 is 11.3 Å². The zero-order valence-corrected chi connectivity index (χ0v) is 10.6. The number of rotatable bonds is 2. The Balaban J connectivity index is 2.18. The van der Waals surface area contributed by atoms with Gasteiger partial charge in [-0.25, -0.2) is 14.6 Å². The number of thiazole rings is 1. The monoisotopic (exact) mass is 276 g/mol. The number of carboxylic acids is 1. The van der Waals surface area contributed by atoms with Gasteiger partial charge in [-0.15, -0.1) is 11.3 Å². The summed E-state index contributed by atoms with van der Waals surface area (Å²) in [5, 5.41) is 8.97. The number of carboxylic acid groups (broad SMARTS) is 1. The first-order chi connectivity index (χ1) is 9.04. The van der Waals surface area contributed by atoms with E-state index in [-0.39, 0.29) is 5.01 Å². The van der Waals surface area contributed by atoms with Crippen molar-refractivity contribution in [3.8, 4) is 11.3 Å². The Kier molecular flexibility index (Phi) is 2.49. The molecule has 0 bridgehead atoms. The third-order valence-corrected chi connectivity index (χ3v) is 3.63. The first-order valence-corrected chi connectivity index (χ1v) is 6.20. The van der Waals surface area contributed by atoms with Crippen molar-refractivity contribution in [3.05, 3.63) is 38.6 Å². The van der Waals surface area contributed by atoms with E-state index in [0.717, 1.165) is 21.8 Å². The highest BCUT2D eigenvalue weighted by Gasteiger charge is 2.15. The molecule has 0 aliphatic rings. The lowest BCUT2D eigenvalue weighted by molar-refractivity contribution is 0.0696. The number of hydrogen-bond donors (Lipinski definition) is 2. The normalized spacial score (nSPS) is 11.0. The van der Waals surface area contributed by atoms with Crippen LogP contribution in [0.3, 0.4) is 0 Å². The molecule has 0 aliphatic carbocycles. The van der Waals surface area contributed by atoms with E-state index in [4.69, 9.17) is 9.52 Å². The fourth-order valence-corrected chi connectivity index (χ4v) is 2.62. The van der Waals surface area contributed by atoms with Gasteiger partial charge in [0.2, 0.25) is 5.01 Å². The van der Waals surface area contributed by atoms with Crippen LogP contribution < -0.4 is 5.76 Å². The number of fused-ring (bicyclic) bond motifs is 1. The average molecular weight is 276 g/mol. The first-order valence-electron chi connectivity index (χ1n) is 5.38. The van der Waals surface area contributed by atoms with Crippen LogP contribution in [0.4, 0.5) is 0 Å². The van der Waals surface area contributed by atoms with E-state index in [1.165, 1.54) is 0 Å². The summed E-state index contributed by atoms with van der Waals surface area (Å²) in [6.07, 6.45) is 0. The minimum absolute atomic E-state index is 0.0446. The summed E-state index contributed by atoms with van der Waals surface area (Å²) in [7, 11) is 0. The third kappa shape index (κ3) is 1.93. The maximum absolute atomic E-state index is 11.1. The molecule has 0 spiro atoms. The molecule has 1 aromatic carbocycles. The molecule has 0 amide bonds. The molecule has 0 radical (unpaired) electrons. The number of hydrogen-bond acceptors (Lipinski definition) is 5. The van der Waals surface area contributed by atoms with Crippen molar-refractivity contribution in [1.82, 2.24) is 9.97 Å². The predicted molar refractivity (Wildman–Crippen MR) is 69.6 cm³/mol. The van der Waals surface area contributed by atoms with E-state index in [1.807, 2.05) is 0 Å². The molecule has 3 aromatic rings. The number of aromatic carboxylic acids is 1. The molecule has 7 heteroatoms. The number of oxazole rings is 1. The molecule has 2 heterocycles. The molecule has 0 saturated heterocycles. The van der Waals surface area contributed by atoms with Gasteiger partial charge >= 0.3 is 11.7 Å². The van der Waals surface area contributed by atoms with Crippen LogP contribution in [0.2, 0.25) is 0 Å². The van der Waals surface area contributed by atoms with Crippen molar-refractivity contribution in [2.24, 2.45) is 0 Å². The van der Waals surface area contributed by atoms with Gasteiger partial charge < -0.3 is 9.52 Å². The Labute approximate surface area is 110 Å². The van der Waals surface area contributed by atoms with Gasteiger partial charge in [-0.1, -0.05) is 6.07 Å². The fraction of sp³-hybridized carbons (Fsp3) is 0.0833. The summed E-state index contributed by atoms with van der Waals surface area (Å²) in [4.78, 5) is 29.4. The second kappa shape index (κ2) is 4.06. The summed E-state index contributed by atoms with van der Waals surface area (Å²) in [5.74, 6) is -1.57. The smallest absolute Gasteiger partial charge is 0.417 e. The summed E-state index contributed by atoms with van der Waals surface area (Å²) in [5.41, 5.74) is 2.33. The molecule has 0 fully saturated rings. The van der Waals surface area contributed by atoms with Crippen LogP contribution in [-0.4, -0.2) is 21.0 Å². The Morgan fingerprint density at radius 2 is 2.26 bits per heavy atom. The molecule has 2 N–H and O–H groups in total. The number of carbonyl (C=O) groups is 1. The first kappa shape index (κ1) is 11.7. The fourth-order valence-electron chi connectivity index (χ4n) is 1.85. The zero-order chi connectivity index (χ0) is 13.6. The second-order valence-electron chi connectivity index (χ2n) is 3.95. The lowest BCUT2D eigenvalue weighted by Crippen LogP contribution is -1.94. The number of aryl methyl sites for hydroxylation is 1. The zero-order valence-electron chi connectivity index (χ0n) is 9.76. The Hall–Kier alpha value is -2.41. The average Bonchev–Trinajstić information content (AvgIpc) is 2.90.